The Balaban J connectivity index is 1.78. The van der Waals surface area contributed by atoms with Crippen LogP contribution in [-0.2, 0) is 0 Å². The molecule has 1 amide bonds. The zero-order valence-corrected chi connectivity index (χ0v) is 22.1. The van der Waals surface area contributed by atoms with Crippen LogP contribution in [0.1, 0.15) is 44.2 Å². The van der Waals surface area contributed by atoms with Gasteiger partial charge in [0, 0.05) is 36.6 Å². The second kappa shape index (κ2) is 10.9. The van der Waals surface area contributed by atoms with Gasteiger partial charge in [0.05, 0.1) is 25.1 Å². The first kappa shape index (κ1) is 24.7. The first-order chi connectivity index (χ1) is 16.5. The number of nitrogens with zero attached hydrogens (tertiary/aromatic N) is 2. The van der Waals surface area contributed by atoms with E-state index in [1.54, 1.807) is 25.6 Å². The largest absolute Gasteiger partial charge is 0.493 e. The summed E-state index contributed by atoms with van der Waals surface area (Å²) in [5.41, 5.74) is 3.53. The summed E-state index contributed by atoms with van der Waals surface area (Å²) in [6.45, 7) is 11.5. The van der Waals surface area contributed by atoms with Gasteiger partial charge in [-0.05, 0) is 55.1 Å². The average molecular weight is 500 g/mol. The second-order valence-electron chi connectivity index (χ2n) is 8.44. The van der Waals surface area contributed by atoms with Gasteiger partial charge in [0.2, 0.25) is 0 Å². The van der Waals surface area contributed by atoms with Crippen molar-refractivity contribution in [3.63, 3.8) is 0 Å². The first-order valence-electron chi connectivity index (χ1n) is 11.6. The summed E-state index contributed by atoms with van der Waals surface area (Å²) in [7, 11) is 3.33. The molecule has 182 valence electrons. The van der Waals surface area contributed by atoms with Crippen molar-refractivity contribution >= 4 is 33.6 Å². The van der Waals surface area contributed by atoms with Gasteiger partial charge in [-0.15, -0.1) is 22.7 Å². The molecule has 0 saturated carbocycles. The molecule has 34 heavy (non-hydrogen) atoms. The zero-order valence-electron chi connectivity index (χ0n) is 20.5. The van der Waals surface area contributed by atoms with Crippen molar-refractivity contribution in [1.29, 1.82) is 0 Å². The number of hydrogen-bond acceptors (Lipinski definition) is 7. The zero-order chi connectivity index (χ0) is 24.2. The minimum Gasteiger partial charge on any atom is -0.493 e. The molecule has 1 saturated heterocycles. The van der Waals surface area contributed by atoms with E-state index in [9.17, 15) is 4.79 Å². The molecule has 1 N–H and O–H groups in total. The molecule has 8 heteroatoms. The van der Waals surface area contributed by atoms with Gasteiger partial charge in [0.1, 0.15) is 5.00 Å². The van der Waals surface area contributed by atoms with Gasteiger partial charge >= 0.3 is 0 Å². The summed E-state index contributed by atoms with van der Waals surface area (Å²) in [4.78, 5) is 19.9. The van der Waals surface area contributed by atoms with Crippen molar-refractivity contribution < 1.29 is 14.3 Å². The molecular formula is C26H33N3O3S2. The summed E-state index contributed by atoms with van der Waals surface area (Å²) >= 11 is 3.11. The molecule has 6 nitrogen and oxygen atoms in total. The van der Waals surface area contributed by atoms with Gasteiger partial charge in [-0.3, -0.25) is 9.69 Å². The predicted octanol–water partition coefficient (Wildman–Crippen LogP) is 5.42. The maximum Gasteiger partial charge on any atom is 0.266 e. The van der Waals surface area contributed by atoms with Crippen molar-refractivity contribution in [2.45, 2.75) is 26.8 Å². The highest BCUT2D eigenvalue weighted by atomic mass is 32.1. The molecule has 3 heterocycles. The summed E-state index contributed by atoms with van der Waals surface area (Å²) < 4.78 is 11.1. The van der Waals surface area contributed by atoms with Gasteiger partial charge in [-0.1, -0.05) is 19.1 Å². The van der Waals surface area contributed by atoms with Crippen LogP contribution in [0.15, 0.2) is 35.7 Å². The number of methoxy groups -OCH3 is 2. The molecule has 1 aromatic carbocycles. The summed E-state index contributed by atoms with van der Waals surface area (Å²) in [5, 5.41) is 6.09. The van der Waals surface area contributed by atoms with Crippen molar-refractivity contribution in [1.82, 2.24) is 9.80 Å². The van der Waals surface area contributed by atoms with Crippen LogP contribution < -0.4 is 14.8 Å². The fraction of sp³-hybridized carbons (Fsp3) is 0.423. The van der Waals surface area contributed by atoms with Crippen LogP contribution in [0, 0.1) is 13.8 Å². The molecule has 1 atom stereocenters. The van der Waals surface area contributed by atoms with E-state index >= 15 is 0 Å². The SMILES string of the molecule is CCN1CCN(C(c2ccc(OC)c(OC)c2)c2c(NC(=O)c3cccs3)sc(C)c2C)CC1. The molecule has 3 aromatic rings. The van der Waals surface area contributed by atoms with Crippen LogP contribution in [0.25, 0.3) is 0 Å². The molecule has 0 bridgehead atoms. The van der Waals surface area contributed by atoms with E-state index in [1.807, 2.05) is 23.6 Å². The number of ether oxygens (including phenoxy) is 2. The smallest absolute Gasteiger partial charge is 0.266 e. The Morgan fingerprint density at radius 2 is 1.82 bits per heavy atom. The lowest BCUT2D eigenvalue weighted by Gasteiger charge is -2.40. The van der Waals surface area contributed by atoms with Crippen molar-refractivity contribution in [3.05, 3.63) is 62.2 Å². The number of amides is 1. The molecule has 2 aromatic heterocycles. The summed E-state index contributed by atoms with van der Waals surface area (Å²) in [6, 6.07) is 9.94. The summed E-state index contributed by atoms with van der Waals surface area (Å²) in [6.07, 6.45) is 0. The standard InChI is InChI=1S/C26H33N3O3S2/c1-6-28-11-13-29(14-12-28)24(19-9-10-20(31-4)21(16-19)32-5)23-17(2)18(3)34-26(23)27-25(30)22-8-7-15-33-22/h7-10,15-16,24H,6,11-14H2,1-5H3,(H,27,30). The average Bonchev–Trinajstić information content (AvgIpc) is 3.49. The monoisotopic (exact) mass is 499 g/mol. The van der Waals surface area contributed by atoms with Crippen LogP contribution in [0.4, 0.5) is 5.00 Å². The molecule has 0 radical (unpaired) electrons. The Morgan fingerprint density at radius 3 is 2.44 bits per heavy atom. The fourth-order valence-electron chi connectivity index (χ4n) is 4.56. The number of carbonyl (C=O) groups is 1. The fourth-order valence-corrected chi connectivity index (χ4v) is 6.27. The lowest BCUT2D eigenvalue weighted by Crippen LogP contribution is -2.47. The highest BCUT2D eigenvalue weighted by molar-refractivity contribution is 7.17. The molecule has 0 spiro atoms. The van der Waals surface area contributed by atoms with Gasteiger partial charge in [-0.2, -0.15) is 0 Å². The molecule has 1 aliphatic rings. The quantitative estimate of drug-likeness (QED) is 0.448. The van der Waals surface area contributed by atoms with E-state index in [4.69, 9.17) is 9.47 Å². The Labute approximate surface area is 210 Å². The van der Waals surface area contributed by atoms with E-state index < -0.39 is 0 Å². The number of rotatable bonds is 8. The van der Waals surface area contributed by atoms with Gasteiger partial charge in [0.25, 0.3) is 5.91 Å². The van der Waals surface area contributed by atoms with E-state index in [0.29, 0.717) is 16.4 Å². The van der Waals surface area contributed by atoms with Crippen LogP contribution in [-0.4, -0.2) is 62.7 Å². The van der Waals surface area contributed by atoms with Gasteiger partial charge in [0.15, 0.2) is 11.5 Å². The highest BCUT2D eigenvalue weighted by Crippen LogP contribution is 2.44. The van der Waals surface area contributed by atoms with E-state index in [2.05, 4.69) is 48.0 Å². The number of carbonyl (C=O) groups excluding carboxylic acids is 1. The molecule has 1 fully saturated rings. The van der Waals surface area contributed by atoms with Crippen LogP contribution >= 0.6 is 22.7 Å². The van der Waals surface area contributed by atoms with Crippen LogP contribution in [0.2, 0.25) is 0 Å². The van der Waals surface area contributed by atoms with Gasteiger partial charge in [-0.25, -0.2) is 0 Å². The summed E-state index contributed by atoms with van der Waals surface area (Å²) in [5.74, 6) is 1.37. The number of hydrogen-bond donors (Lipinski definition) is 1. The number of anilines is 1. The first-order valence-corrected chi connectivity index (χ1v) is 13.3. The highest BCUT2D eigenvalue weighted by Gasteiger charge is 2.32. The minimum absolute atomic E-state index is 0.00222. The lowest BCUT2D eigenvalue weighted by molar-refractivity contribution is 0.102. The third kappa shape index (κ3) is 5.00. The minimum atomic E-state index is -0.0561. The normalized spacial score (nSPS) is 15.8. The maximum absolute atomic E-state index is 13.0. The van der Waals surface area contributed by atoms with Crippen molar-refractivity contribution in [2.75, 3.05) is 52.3 Å². The van der Waals surface area contributed by atoms with Crippen molar-refractivity contribution in [2.24, 2.45) is 0 Å². The second-order valence-corrected chi connectivity index (χ2v) is 10.6. The Kier molecular flexibility index (Phi) is 7.93. The number of piperazine rings is 1. The number of benzene rings is 1. The number of nitrogens with one attached hydrogen (secondary N) is 1. The Morgan fingerprint density at radius 1 is 1.09 bits per heavy atom. The maximum atomic E-state index is 13.0. The molecular weight excluding hydrogens is 466 g/mol. The van der Waals surface area contributed by atoms with E-state index in [-0.39, 0.29) is 11.9 Å². The number of thiophene rings is 2. The Hall–Kier alpha value is -2.39. The third-order valence-electron chi connectivity index (χ3n) is 6.62. The third-order valence-corrected chi connectivity index (χ3v) is 8.63. The molecule has 0 aliphatic carbocycles. The molecule has 1 unspecified atom stereocenters. The predicted molar refractivity (Wildman–Crippen MR) is 141 cm³/mol. The molecule has 4 rings (SSSR count). The molecule has 1 aliphatic heterocycles. The van der Waals surface area contributed by atoms with E-state index in [0.717, 1.165) is 43.3 Å². The van der Waals surface area contributed by atoms with Crippen molar-refractivity contribution in [3.8, 4) is 11.5 Å². The van der Waals surface area contributed by atoms with Crippen LogP contribution in [0.5, 0.6) is 11.5 Å². The Bertz CT molecular complexity index is 1120. The van der Waals surface area contributed by atoms with Gasteiger partial charge < -0.3 is 19.7 Å². The van der Waals surface area contributed by atoms with E-state index in [1.165, 1.54) is 27.3 Å². The number of likely N-dealkylation sites (N-methyl/N-ethyl adjacent to an activating group) is 1. The van der Waals surface area contributed by atoms with Crippen LogP contribution in [0.3, 0.4) is 0 Å². The number of aryl methyl sites for hydroxylation is 1. The lowest BCUT2D eigenvalue weighted by atomic mass is 9.94. The topological polar surface area (TPSA) is 54.0 Å².